The van der Waals surface area contributed by atoms with E-state index in [4.69, 9.17) is 14.2 Å². The number of rotatable bonds is 4. The molecule has 2 rings (SSSR count). The van der Waals surface area contributed by atoms with Crippen LogP contribution in [0, 0.1) is 5.92 Å². The van der Waals surface area contributed by atoms with Gasteiger partial charge in [-0.05, 0) is 31.0 Å². The van der Waals surface area contributed by atoms with Crippen molar-refractivity contribution in [1.29, 1.82) is 0 Å². The summed E-state index contributed by atoms with van der Waals surface area (Å²) in [7, 11) is 6.95. The number of methoxy groups -OCH3 is 3. The minimum Gasteiger partial charge on any atom is -0.493 e. The summed E-state index contributed by atoms with van der Waals surface area (Å²) < 4.78 is 16.3. The summed E-state index contributed by atoms with van der Waals surface area (Å²) in [6.07, 6.45) is 0.990. The fraction of sp³-hybridized carbons (Fsp3) is 0.571. The van der Waals surface area contributed by atoms with E-state index in [-0.39, 0.29) is 0 Å². The molecule has 1 aliphatic carbocycles. The van der Waals surface area contributed by atoms with Gasteiger partial charge in [0.25, 0.3) is 0 Å². The Bertz CT molecular complexity index is 445. The Morgan fingerprint density at radius 3 is 2.28 bits per heavy atom. The monoisotopic (exact) mass is 251 g/mol. The van der Waals surface area contributed by atoms with E-state index in [0.29, 0.717) is 17.7 Å². The van der Waals surface area contributed by atoms with Crippen LogP contribution >= 0.6 is 0 Å². The van der Waals surface area contributed by atoms with Gasteiger partial charge in [0.15, 0.2) is 11.5 Å². The number of hydrogen-bond donors (Lipinski definition) is 1. The molecule has 0 bridgehead atoms. The maximum absolute atomic E-state index is 5.53. The quantitative estimate of drug-likeness (QED) is 0.890. The van der Waals surface area contributed by atoms with Crippen LogP contribution in [0.5, 0.6) is 17.2 Å². The summed E-state index contributed by atoms with van der Waals surface area (Å²) in [5, 5.41) is 3.36. The molecular formula is C14H21NO3. The predicted octanol–water partition coefficient (Wildman–Crippen LogP) is 2.17. The van der Waals surface area contributed by atoms with Gasteiger partial charge in [0.05, 0.1) is 21.3 Å². The summed E-state index contributed by atoms with van der Waals surface area (Å²) in [6.45, 7) is 2.24. The van der Waals surface area contributed by atoms with Crippen molar-refractivity contribution in [3.05, 3.63) is 17.2 Å². The Hall–Kier alpha value is -1.42. The van der Waals surface area contributed by atoms with Crippen molar-refractivity contribution < 1.29 is 14.2 Å². The van der Waals surface area contributed by atoms with Gasteiger partial charge in [0.1, 0.15) is 0 Å². The molecule has 2 atom stereocenters. The van der Waals surface area contributed by atoms with Gasteiger partial charge < -0.3 is 19.5 Å². The van der Waals surface area contributed by atoms with E-state index >= 15 is 0 Å². The second-order valence-electron chi connectivity index (χ2n) is 4.66. The van der Waals surface area contributed by atoms with Gasteiger partial charge in [-0.2, -0.15) is 0 Å². The third-order valence-electron chi connectivity index (χ3n) is 3.71. The maximum Gasteiger partial charge on any atom is 0.203 e. The highest BCUT2D eigenvalue weighted by atomic mass is 16.5. The SMILES string of the molecule is CNC1c2cc(OC)c(OC)c(OC)c2CC1C. The first-order chi connectivity index (χ1) is 8.67. The fourth-order valence-corrected chi connectivity index (χ4v) is 2.91. The first-order valence-corrected chi connectivity index (χ1v) is 6.16. The molecule has 1 N–H and O–H groups in total. The van der Waals surface area contributed by atoms with E-state index in [0.717, 1.165) is 17.9 Å². The van der Waals surface area contributed by atoms with Crippen molar-refractivity contribution in [3.63, 3.8) is 0 Å². The highest BCUT2D eigenvalue weighted by molar-refractivity contribution is 5.61. The molecule has 100 valence electrons. The van der Waals surface area contributed by atoms with Crippen LogP contribution in [0.1, 0.15) is 24.1 Å². The molecule has 1 aromatic carbocycles. The van der Waals surface area contributed by atoms with Gasteiger partial charge in [-0.3, -0.25) is 0 Å². The molecule has 1 aliphatic rings. The van der Waals surface area contributed by atoms with Crippen LogP contribution in [0.25, 0.3) is 0 Å². The van der Waals surface area contributed by atoms with Gasteiger partial charge >= 0.3 is 0 Å². The number of fused-ring (bicyclic) bond motifs is 1. The zero-order chi connectivity index (χ0) is 13.3. The second-order valence-corrected chi connectivity index (χ2v) is 4.66. The molecule has 4 heteroatoms. The smallest absolute Gasteiger partial charge is 0.203 e. The molecule has 1 aromatic rings. The van der Waals surface area contributed by atoms with Crippen molar-refractivity contribution in [1.82, 2.24) is 5.32 Å². The van der Waals surface area contributed by atoms with E-state index in [2.05, 4.69) is 18.3 Å². The van der Waals surface area contributed by atoms with Gasteiger partial charge in [-0.1, -0.05) is 6.92 Å². The highest BCUT2D eigenvalue weighted by Gasteiger charge is 2.33. The molecule has 4 nitrogen and oxygen atoms in total. The lowest BCUT2D eigenvalue weighted by atomic mass is 10.0. The molecule has 0 saturated carbocycles. The Balaban J connectivity index is 2.63. The molecule has 0 radical (unpaired) electrons. The normalized spacial score (nSPS) is 21.6. The second kappa shape index (κ2) is 5.06. The summed E-state index contributed by atoms with van der Waals surface area (Å²) >= 11 is 0. The zero-order valence-corrected chi connectivity index (χ0v) is 11.7. The standard InChI is InChI=1S/C14H21NO3/c1-8-6-10-9(12(8)15-2)7-11(16-3)14(18-5)13(10)17-4/h7-8,12,15H,6H2,1-5H3. The maximum atomic E-state index is 5.53. The Kier molecular flexibility index (Phi) is 3.66. The van der Waals surface area contributed by atoms with Crippen LogP contribution in [-0.2, 0) is 6.42 Å². The van der Waals surface area contributed by atoms with Crippen LogP contribution in [0.3, 0.4) is 0 Å². The predicted molar refractivity (Wildman–Crippen MR) is 70.8 cm³/mol. The lowest BCUT2D eigenvalue weighted by Crippen LogP contribution is -2.19. The summed E-state index contributed by atoms with van der Waals surface area (Å²) in [5.41, 5.74) is 2.47. The minimum absolute atomic E-state index is 0.341. The molecule has 0 heterocycles. The Morgan fingerprint density at radius 2 is 1.78 bits per heavy atom. The van der Waals surface area contributed by atoms with Crippen LogP contribution in [0.15, 0.2) is 6.07 Å². The minimum atomic E-state index is 0.341. The highest BCUT2D eigenvalue weighted by Crippen LogP contribution is 2.49. The Morgan fingerprint density at radius 1 is 1.11 bits per heavy atom. The van der Waals surface area contributed by atoms with Crippen LogP contribution in [0.4, 0.5) is 0 Å². The first-order valence-electron chi connectivity index (χ1n) is 6.16. The summed E-state index contributed by atoms with van der Waals surface area (Å²) in [4.78, 5) is 0. The summed E-state index contributed by atoms with van der Waals surface area (Å²) in [5.74, 6) is 2.75. The van der Waals surface area contributed by atoms with Crippen LogP contribution in [0.2, 0.25) is 0 Å². The van der Waals surface area contributed by atoms with E-state index in [1.165, 1.54) is 11.1 Å². The molecule has 0 saturated heterocycles. The van der Waals surface area contributed by atoms with Crippen molar-refractivity contribution >= 4 is 0 Å². The number of benzene rings is 1. The van der Waals surface area contributed by atoms with Crippen molar-refractivity contribution in [2.45, 2.75) is 19.4 Å². The van der Waals surface area contributed by atoms with Crippen LogP contribution in [-0.4, -0.2) is 28.4 Å². The Labute approximate surface area is 108 Å². The molecule has 0 aliphatic heterocycles. The third kappa shape index (κ3) is 1.81. The van der Waals surface area contributed by atoms with Crippen molar-refractivity contribution in [3.8, 4) is 17.2 Å². The molecular weight excluding hydrogens is 230 g/mol. The van der Waals surface area contributed by atoms with Gasteiger partial charge in [0, 0.05) is 11.6 Å². The lowest BCUT2D eigenvalue weighted by Gasteiger charge is -2.18. The molecule has 0 amide bonds. The van der Waals surface area contributed by atoms with E-state index in [1.807, 2.05) is 7.05 Å². The average molecular weight is 251 g/mol. The van der Waals surface area contributed by atoms with Gasteiger partial charge in [-0.15, -0.1) is 0 Å². The molecule has 2 unspecified atom stereocenters. The zero-order valence-electron chi connectivity index (χ0n) is 11.7. The lowest BCUT2D eigenvalue weighted by molar-refractivity contribution is 0.322. The summed E-state index contributed by atoms with van der Waals surface area (Å²) in [6, 6.07) is 2.40. The van der Waals surface area contributed by atoms with E-state index in [9.17, 15) is 0 Å². The number of hydrogen-bond acceptors (Lipinski definition) is 4. The number of nitrogens with one attached hydrogen (secondary N) is 1. The molecule has 0 fully saturated rings. The van der Waals surface area contributed by atoms with Gasteiger partial charge in [-0.25, -0.2) is 0 Å². The average Bonchev–Trinajstić information content (AvgIpc) is 2.71. The van der Waals surface area contributed by atoms with Crippen LogP contribution < -0.4 is 19.5 Å². The van der Waals surface area contributed by atoms with E-state index < -0.39 is 0 Å². The fourth-order valence-electron chi connectivity index (χ4n) is 2.91. The van der Waals surface area contributed by atoms with E-state index in [1.54, 1.807) is 21.3 Å². The molecule has 18 heavy (non-hydrogen) atoms. The van der Waals surface area contributed by atoms with Gasteiger partial charge in [0.2, 0.25) is 5.75 Å². The number of ether oxygens (including phenoxy) is 3. The van der Waals surface area contributed by atoms with Crippen molar-refractivity contribution in [2.24, 2.45) is 5.92 Å². The first kappa shape index (κ1) is 13.0. The third-order valence-corrected chi connectivity index (χ3v) is 3.71. The van der Waals surface area contributed by atoms with Crippen molar-refractivity contribution in [2.75, 3.05) is 28.4 Å². The topological polar surface area (TPSA) is 39.7 Å². The molecule has 0 spiro atoms. The largest absolute Gasteiger partial charge is 0.493 e. The molecule has 0 aromatic heterocycles.